The number of carbonyl (C=O) groups excluding carboxylic acids is 3. The van der Waals surface area contributed by atoms with E-state index in [0.717, 1.165) is 96.3 Å². The van der Waals surface area contributed by atoms with Gasteiger partial charge in [-0.2, -0.15) is 0 Å². The first-order chi connectivity index (χ1) is 33.5. The smallest absolute Gasteiger partial charge is 0.306 e. The summed E-state index contributed by atoms with van der Waals surface area (Å²) in [5, 5.41) is 0. The molecule has 0 saturated heterocycles. The average molecular weight is 948 g/mol. The van der Waals surface area contributed by atoms with E-state index in [2.05, 4.69) is 106 Å². The highest BCUT2D eigenvalue weighted by atomic mass is 16.6. The van der Waals surface area contributed by atoms with Gasteiger partial charge in [-0.05, 0) is 103 Å². The second-order valence-corrected chi connectivity index (χ2v) is 18.9. The molecule has 1 atom stereocenters. The molecule has 0 radical (unpaired) electrons. The molecule has 6 nitrogen and oxygen atoms in total. The molecular weight excluding hydrogens is 841 g/mol. The number of ether oxygens (including phenoxy) is 3. The van der Waals surface area contributed by atoms with Crippen molar-refractivity contribution in [1.29, 1.82) is 0 Å². The van der Waals surface area contributed by atoms with E-state index >= 15 is 0 Å². The van der Waals surface area contributed by atoms with E-state index in [1.54, 1.807) is 0 Å². The van der Waals surface area contributed by atoms with Gasteiger partial charge in [0.2, 0.25) is 0 Å². The predicted octanol–water partition coefficient (Wildman–Crippen LogP) is 19.2. The summed E-state index contributed by atoms with van der Waals surface area (Å²) in [6.45, 7) is 6.47. The summed E-state index contributed by atoms with van der Waals surface area (Å²) < 4.78 is 16.8. The Labute approximate surface area is 420 Å². The molecule has 6 heteroatoms. The summed E-state index contributed by atoms with van der Waals surface area (Å²) in [5.41, 5.74) is 0. The van der Waals surface area contributed by atoms with Gasteiger partial charge in [-0.1, -0.05) is 234 Å². The fourth-order valence-corrected chi connectivity index (χ4v) is 7.85. The van der Waals surface area contributed by atoms with E-state index in [4.69, 9.17) is 14.2 Å². The summed E-state index contributed by atoms with van der Waals surface area (Å²) in [4.78, 5) is 38.1. The molecule has 0 aliphatic rings. The molecule has 0 rings (SSSR count). The molecule has 0 spiro atoms. The van der Waals surface area contributed by atoms with E-state index in [-0.39, 0.29) is 31.1 Å². The van der Waals surface area contributed by atoms with Crippen LogP contribution >= 0.6 is 0 Å². The van der Waals surface area contributed by atoms with Crippen molar-refractivity contribution in [3.8, 4) is 0 Å². The van der Waals surface area contributed by atoms with Gasteiger partial charge in [-0.15, -0.1) is 0 Å². The third kappa shape index (κ3) is 53.5. The first-order valence-corrected chi connectivity index (χ1v) is 28.6. The van der Waals surface area contributed by atoms with Crippen LogP contribution in [0.15, 0.2) is 85.1 Å². The first kappa shape index (κ1) is 64.6. The second kappa shape index (κ2) is 56.2. The number of esters is 3. The monoisotopic (exact) mass is 947 g/mol. The maximum Gasteiger partial charge on any atom is 0.306 e. The first-order valence-electron chi connectivity index (χ1n) is 28.6. The van der Waals surface area contributed by atoms with Crippen LogP contribution in [0.3, 0.4) is 0 Å². The van der Waals surface area contributed by atoms with Crippen LogP contribution in [-0.4, -0.2) is 37.2 Å². The van der Waals surface area contributed by atoms with E-state index in [0.29, 0.717) is 19.3 Å². The lowest BCUT2D eigenvalue weighted by Crippen LogP contribution is -2.30. The Kier molecular flexibility index (Phi) is 53.4. The molecule has 0 fully saturated rings. The number of allylic oxidation sites excluding steroid dienone is 14. The lowest BCUT2D eigenvalue weighted by molar-refractivity contribution is -0.167. The average Bonchev–Trinajstić information content (AvgIpc) is 3.34. The molecule has 0 bridgehead atoms. The van der Waals surface area contributed by atoms with Crippen LogP contribution in [-0.2, 0) is 28.6 Å². The van der Waals surface area contributed by atoms with Gasteiger partial charge < -0.3 is 14.2 Å². The van der Waals surface area contributed by atoms with Crippen molar-refractivity contribution in [1.82, 2.24) is 0 Å². The number of hydrogen-bond acceptors (Lipinski definition) is 6. The summed E-state index contributed by atoms with van der Waals surface area (Å²) in [7, 11) is 0. The molecule has 390 valence electrons. The standard InChI is InChI=1S/C62H106O6/c1-4-7-10-13-16-19-22-25-28-30-31-32-35-37-40-43-46-49-52-55-61(64)67-58-59(57-66-60(63)54-51-48-45-42-39-36-33-27-24-21-18-15-12-9-6-3)68-62(65)56-53-50-47-44-41-38-34-29-26-23-20-17-14-11-8-5-2/h7,10,16,18-19,21,24-25,27-29,34,38,41,59H,4-6,8-9,11-15,17,20,22-23,26,30-33,35-37,39-40,42-58H2,1-3H3/b10-7-,19-16-,21-18-,27-24-,28-25-,34-29-,41-38-. The zero-order chi connectivity index (χ0) is 49.3. The Bertz CT molecular complexity index is 1320. The minimum absolute atomic E-state index is 0.0939. The highest BCUT2D eigenvalue weighted by Gasteiger charge is 2.19. The molecule has 0 aliphatic carbocycles. The van der Waals surface area contributed by atoms with Crippen LogP contribution < -0.4 is 0 Å². The number of rotatable bonds is 51. The largest absolute Gasteiger partial charge is 0.462 e. The van der Waals surface area contributed by atoms with Crippen LogP contribution in [0.2, 0.25) is 0 Å². The molecule has 0 aliphatic heterocycles. The van der Waals surface area contributed by atoms with Gasteiger partial charge >= 0.3 is 17.9 Å². The molecular formula is C62H106O6. The van der Waals surface area contributed by atoms with Crippen molar-refractivity contribution < 1.29 is 28.6 Å². The lowest BCUT2D eigenvalue weighted by Gasteiger charge is -2.18. The van der Waals surface area contributed by atoms with Crippen molar-refractivity contribution in [2.45, 2.75) is 277 Å². The molecule has 0 amide bonds. The van der Waals surface area contributed by atoms with Crippen LogP contribution in [0, 0.1) is 0 Å². The Balaban J connectivity index is 4.44. The Hall–Kier alpha value is -3.41. The van der Waals surface area contributed by atoms with Gasteiger partial charge in [0.05, 0.1) is 0 Å². The quantitative estimate of drug-likeness (QED) is 0.0199. The van der Waals surface area contributed by atoms with Crippen molar-refractivity contribution >= 4 is 17.9 Å². The third-order valence-electron chi connectivity index (χ3n) is 12.2. The number of hydrogen-bond donors (Lipinski definition) is 0. The van der Waals surface area contributed by atoms with Crippen molar-refractivity contribution in [2.24, 2.45) is 0 Å². The molecule has 0 heterocycles. The SMILES string of the molecule is CC/C=C\C/C=C\C/C=C\CCCCCCCCCCCC(=O)OCC(COC(=O)CCCCCCCC/C=C\C=C/CCCCC)OC(=O)CCCCC/C=C\C=C/CCCCCCCCC. The summed E-state index contributed by atoms with van der Waals surface area (Å²) in [5.74, 6) is -0.932. The minimum Gasteiger partial charge on any atom is -0.462 e. The topological polar surface area (TPSA) is 78.9 Å². The molecule has 0 N–H and O–H groups in total. The predicted molar refractivity (Wildman–Crippen MR) is 293 cm³/mol. The summed E-state index contributed by atoms with van der Waals surface area (Å²) in [6, 6.07) is 0. The normalized spacial score (nSPS) is 12.7. The van der Waals surface area contributed by atoms with E-state index in [9.17, 15) is 14.4 Å². The zero-order valence-corrected chi connectivity index (χ0v) is 44.6. The minimum atomic E-state index is -0.798. The van der Waals surface area contributed by atoms with Gasteiger partial charge in [-0.3, -0.25) is 14.4 Å². The van der Waals surface area contributed by atoms with Crippen LogP contribution in [0.1, 0.15) is 271 Å². The van der Waals surface area contributed by atoms with Crippen molar-refractivity contribution in [3.05, 3.63) is 85.1 Å². The molecule has 1 unspecified atom stereocenters. The molecule has 0 saturated carbocycles. The highest BCUT2D eigenvalue weighted by Crippen LogP contribution is 2.15. The van der Waals surface area contributed by atoms with E-state index < -0.39 is 6.10 Å². The van der Waals surface area contributed by atoms with Crippen molar-refractivity contribution in [2.75, 3.05) is 13.2 Å². The van der Waals surface area contributed by atoms with Gasteiger partial charge in [0.1, 0.15) is 13.2 Å². The summed E-state index contributed by atoms with van der Waals surface area (Å²) in [6.07, 6.45) is 72.8. The maximum atomic E-state index is 12.8. The summed E-state index contributed by atoms with van der Waals surface area (Å²) >= 11 is 0. The van der Waals surface area contributed by atoms with E-state index in [1.807, 2.05) is 0 Å². The Morgan fingerprint density at radius 3 is 1.03 bits per heavy atom. The Morgan fingerprint density at radius 1 is 0.324 bits per heavy atom. The fourth-order valence-electron chi connectivity index (χ4n) is 7.85. The highest BCUT2D eigenvalue weighted by molar-refractivity contribution is 5.71. The van der Waals surface area contributed by atoms with Gasteiger partial charge in [0.25, 0.3) is 0 Å². The van der Waals surface area contributed by atoms with Crippen LogP contribution in [0.25, 0.3) is 0 Å². The third-order valence-corrected chi connectivity index (χ3v) is 12.2. The van der Waals surface area contributed by atoms with Crippen molar-refractivity contribution in [3.63, 3.8) is 0 Å². The van der Waals surface area contributed by atoms with E-state index in [1.165, 1.54) is 135 Å². The zero-order valence-electron chi connectivity index (χ0n) is 44.6. The molecule has 68 heavy (non-hydrogen) atoms. The molecule has 0 aromatic carbocycles. The molecule has 0 aromatic rings. The molecule has 0 aromatic heterocycles. The number of carbonyl (C=O) groups is 3. The van der Waals surface area contributed by atoms with Gasteiger partial charge in [-0.25, -0.2) is 0 Å². The maximum absolute atomic E-state index is 12.8. The lowest BCUT2D eigenvalue weighted by atomic mass is 10.1. The Morgan fingerprint density at radius 2 is 0.618 bits per heavy atom. The fraction of sp³-hybridized carbons (Fsp3) is 0.726. The van der Waals surface area contributed by atoms with Crippen LogP contribution in [0.5, 0.6) is 0 Å². The van der Waals surface area contributed by atoms with Gasteiger partial charge in [0, 0.05) is 19.3 Å². The van der Waals surface area contributed by atoms with Crippen LogP contribution in [0.4, 0.5) is 0 Å². The second-order valence-electron chi connectivity index (χ2n) is 18.9. The van der Waals surface area contributed by atoms with Gasteiger partial charge in [0.15, 0.2) is 6.10 Å². The number of unbranched alkanes of at least 4 members (excludes halogenated alkanes) is 28.